The number of hydrogen-bond donors (Lipinski definition) is 0. The summed E-state index contributed by atoms with van der Waals surface area (Å²) >= 11 is 13.1. The van der Waals surface area contributed by atoms with Crippen molar-refractivity contribution in [2.75, 3.05) is 44.2 Å². The van der Waals surface area contributed by atoms with E-state index in [2.05, 4.69) is 14.8 Å². The van der Waals surface area contributed by atoms with Gasteiger partial charge in [-0.1, -0.05) is 29.3 Å². The van der Waals surface area contributed by atoms with Gasteiger partial charge < -0.3 is 9.64 Å². The number of aromatic nitrogens is 1. The summed E-state index contributed by atoms with van der Waals surface area (Å²) in [6.07, 6.45) is -2.57. The van der Waals surface area contributed by atoms with E-state index in [1.54, 1.807) is 24.3 Å². The third kappa shape index (κ3) is 5.60. The molecule has 1 fully saturated rings. The molecule has 0 bridgehead atoms. The Morgan fingerprint density at radius 3 is 2.56 bits per heavy atom. The molecule has 172 valence electrons. The van der Waals surface area contributed by atoms with Gasteiger partial charge in [-0.15, -0.1) is 11.3 Å². The van der Waals surface area contributed by atoms with E-state index < -0.39 is 11.2 Å². The van der Waals surface area contributed by atoms with E-state index in [0.29, 0.717) is 44.0 Å². The van der Waals surface area contributed by atoms with Gasteiger partial charge in [-0.2, -0.15) is 13.2 Å². The average Bonchev–Trinajstić information content (AvgIpc) is 3.20. The van der Waals surface area contributed by atoms with E-state index in [4.69, 9.17) is 27.9 Å². The van der Waals surface area contributed by atoms with E-state index in [0.717, 1.165) is 51.3 Å². The molecule has 4 nitrogen and oxygen atoms in total. The molecule has 2 heterocycles. The van der Waals surface area contributed by atoms with Crippen molar-refractivity contribution in [3.05, 3.63) is 51.5 Å². The molecule has 0 amide bonds. The predicted molar refractivity (Wildman–Crippen MR) is 124 cm³/mol. The van der Waals surface area contributed by atoms with Crippen LogP contribution in [0.3, 0.4) is 0 Å². The van der Waals surface area contributed by atoms with Crippen LogP contribution in [0.25, 0.3) is 10.2 Å². The first-order valence-corrected chi connectivity index (χ1v) is 11.9. The maximum atomic E-state index is 12.8. The zero-order valence-electron chi connectivity index (χ0n) is 17.2. The van der Waals surface area contributed by atoms with E-state index in [-0.39, 0.29) is 0 Å². The molecular weight excluding hydrogens is 482 g/mol. The van der Waals surface area contributed by atoms with Crippen LogP contribution in [-0.2, 0) is 6.18 Å². The second-order valence-electron chi connectivity index (χ2n) is 7.60. The van der Waals surface area contributed by atoms with Crippen molar-refractivity contribution in [2.24, 2.45) is 0 Å². The van der Waals surface area contributed by atoms with Crippen molar-refractivity contribution >= 4 is 50.4 Å². The number of benzene rings is 2. The molecule has 1 aliphatic rings. The third-order valence-corrected chi connectivity index (χ3v) is 7.27. The molecule has 0 saturated carbocycles. The maximum absolute atomic E-state index is 12.8. The highest BCUT2D eigenvalue weighted by Crippen LogP contribution is 2.36. The van der Waals surface area contributed by atoms with Crippen molar-refractivity contribution in [1.82, 2.24) is 9.88 Å². The summed E-state index contributed by atoms with van der Waals surface area (Å²) in [6.45, 7) is 5.17. The number of unbranched alkanes of at least 4 members (excludes halogenated alkanes) is 1. The highest BCUT2D eigenvalue weighted by atomic mass is 35.5. The number of halogens is 5. The first kappa shape index (κ1) is 23.4. The second-order valence-corrected chi connectivity index (χ2v) is 9.42. The number of piperazine rings is 1. The van der Waals surface area contributed by atoms with E-state index in [9.17, 15) is 13.2 Å². The quantitative estimate of drug-likeness (QED) is 0.339. The van der Waals surface area contributed by atoms with Gasteiger partial charge in [0.25, 0.3) is 0 Å². The fourth-order valence-corrected chi connectivity index (χ4v) is 4.92. The van der Waals surface area contributed by atoms with Gasteiger partial charge in [-0.3, -0.25) is 4.90 Å². The lowest BCUT2D eigenvalue weighted by atomic mass is 10.2. The zero-order chi connectivity index (χ0) is 22.7. The van der Waals surface area contributed by atoms with Gasteiger partial charge in [0.05, 0.1) is 32.6 Å². The Hall–Kier alpha value is -1.74. The minimum absolute atomic E-state index is 0.317. The van der Waals surface area contributed by atoms with Crippen molar-refractivity contribution in [3.63, 3.8) is 0 Å². The van der Waals surface area contributed by atoms with Crippen LogP contribution in [0.5, 0.6) is 5.75 Å². The lowest BCUT2D eigenvalue weighted by Gasteiger charge is -2.36. The SMILES string of the molecule is FC(F)(F)c1nc2cc(OCCCCN3CCN(c4cccc(Cl)c4Cl)CC3)ccc2s1. The number of ether oxygens (including phenoxy) is 1. The lowest BCUT2D eigenvalue weighted by Crippen LogP contribution is -2.46. The van der Waals surface area contributed by atoms with Gasteiger partial charge in [-0.05, 0) is 43.7 Å². The van der Waals surface area contributed by atoms with Gasteiger partial charge in [0.1, 0.15) is 5.75 Å². The molecule has 0 radical (unpaired) electrons. The number of alkyl halides is 3. The van der Waals surface area contributed by atoms with Gasteiger partial charge in [0, 0.05) is 32.2 Å². The average molecular weight is 504 g/mol. The molecule has 1 aliphatic heterocycles. The first-order chi connectivity index (χ1) is 15.3. The minimum atomic E-state index is -4.42. The summed E-state index contributed by atoms with van der Waals surface area (Å²) in [5.74, 6) is 0.545. The molecule has 0 aliphatic carbocycles. The molecule has 1 saturated heterocycles. The smallest absolute Gasteiger partial charge is 0.443 e. The van der Waals surface area contributed by atoms with Crippen LogP contribution in [0, 0.1) is 0 Å². The third-order valence-electron chi connectivity index (χ3n) is 5.38. The molecule has 4 rings (SSSR count). The maximum Gasteiger partial charge on any atom is 0.443 e. The summed E-state index contributed by atoms with van der Waals surface area (Å²) in [5.41, 5.74) is 1.30. The minimum Gasteiger partial charge on any atom is -0.494 e. The van der Waals surface area contributed by atoms with Crippen LogP contribution in [0.1, 0.15) is 17.8 Å². The Morgan fingerprint density at radius 1 is 1.03 bits per heavy atom. The van der Waals surface area contributed by atoms with Crippen LogP contribution in [-0.4, -0.2) is 49.2 Å². The van der Waals surface area contributed by atoms with E-state index >= 15 is 0 Å². The molecule has 2 aromatic carbocycles. The number of anilines is 1. The van der Waals surface area contributed by atoms with Crippen LogP contribution >= 0.6 is 34.5 Å². The summed E-state index contributed by atoms with van der Waals surface area (Å²) < 4.78 is 44.7. The fraction of sp³-hybridized carbons (Fsp3) is 0.409. The lowest BCUT2D eigenvalue weighted by molar-refractivity contribution is -0.137. The van der Waals surface area contributed by atoms with E-state index in [1.165, 1.54) is 0 Å². The van der Waals surface area contributed by atoms with Crippen molar-refractivity contribution in [3.8, 4) is 5.75 Å². The van der Waals surface area contributed by atoms with Crippen molar-refractivity contribution < 1.29 is 17.9 Å². The Kier molecular flexibility index (Phi) is 7.34. The van der Waals surface area contributed by atoms with Crippen LogP contribution in [0.4, 0.5) is 18.9 Å². The number of nitrogens with zero attached hydrogens (tertiary/aromatic N) is 3. The highest BCUT2D eigenvalue weighted by Gasteiger charge is 2.34. The Morgan fingerprint density at radius 2 is 1.81 bits per heavy atom. The standard InChI is InChI=1S/C22H22Cl2F3N3OS/c23-16-4-3-5-18(20(16)24)30-11-9-29(10-12-30)8-1-2-13-31-15-6-7-19-17(14-15)28-21(32-19)22(25,26)27/h3-7,14H,1-2,8-13H2. The Balaban J connectivity index is 1.18. The van der Waals surface area contributed by atoms with Crippen LogP contribution in [0.15, 0.2) is 36.4 Å². The Labute approximate surface area is 198 Å². The molecule has 3 aromatic rings. The molecule has 0 N–H and O–H groups in total. The fourth-order valence-electron chi connectivity index (χ4n) is 3.69. The van der Waals surface area contributed by atoms with Gasteiger partial charge in [-0.25, -0.2) is 4.98 Å². The summed E-state index contributed by atoms with van der Waals surface area (Å²) in [5, 5.41) is 0.342. The van der Waals surface area contributed by atoms with Gasteiger partial charge in [0.15, 0.2) is 5.01 Å². The zero-order valence-corrected chi connectivity index (χ0v) is 19.5. The molecule has 32 heavy (non-hydrogen) atoms. The Bertz CT molecular complexity index is 1070. The molecule has 0 unspecified atom stereocenters. The molecule has 0 spiro atoms. The monoisotopic (exact) mass is 503 g/mol. The molecule has 0 atom stereocenters. The summed E-state index contributed by atoms with van der Waals surface area (Å²) in [4.78, 5) is 8.34. The number of hydrogen-bond acceptors (Lipinski definition) is 5. The van der Waals surface area contributed by atoms with Crippen LogP contribution < -0.4 is 9.64 Å². The molecular formula is C22H22Cl2F3N3OS. The molecule has 10 heteroatoms. The van der Waals surface area contributed by atoms with Gasteiger partial charge >= 0.3 is 6.18 Å². The predicted octanol–water partition coefficient (Wildman–Crippen LogP) is 6.60. The summed E-state index contributed by atoms with van der Waals surface area (Å²) in [6, 6.07) is 10.6. The number of thiazole rings is 1. The topological polar surface area (TPSA) is 28.6 Å². The second kappa shape index (κ2) is 10.0. The highest BCUT2D eigenvalue weighted by molar-refractivity contribution is 7.18. The van der Waals surface area contributed by atoms with Crippen molar-refractivity contribution in [2.45, 2.75) is 19.0 Å². The number of fused-ring (bicyclic) bond motifs is 1. The summed E-state index contributed by atoms with van der Waals surface area (Å²) in [7, 11) is 0. The molecule has 1 aromatic heterocycles. The van der Waals surface area contributed by atoms with Gasteiger partial charge in [0.2, 0.25) is 0 Å². The number of rotatable bonds is 7. The van der Waals surface area contributed by atoms with Crippen molar-refractivity contribution in [1.29, 1.82) is 0 Å². The van der Waals surface area contributed by atoms with E-state index in [1.807, 2.05) is 12.1 Å². The van der Waals surface area contributed by atoms with Crippen LogP contribution in [0.2, 0.25) is 10.0 Å². The largest absolute Gasteiger partial charge is 0.494 e. The normalized spacial score (nSPS) is 15.5. The first-order valence-electron chi connectivity index (χ1n) is 10.3.